The molecule has 1 saturated heterocycles. The maximum atomic E-state index is 12.8. The second kappa shape index (κ2) is 11.2. The van der Waals surface area contributed by atoms with E-state index in [1.54, 1.807) is 11.6 Å². The molecule has 2 aromatic rings. The van der Waals surface area contributed by atoms with Crippen molar-refractivity contribution in [3.8, 4) is 0 Å². The number of aliphatic carboxylic acids is 1. The van der Waals surface area contributed by atoms with Crippen LogP contribution in [0.4, 0.5) is 5.13 Å². The van der Waals surface area contributed by atoms with Crippen molar-refractivity contribution in [2.24, 2.45) is 5.16 Å². The molecular weight excluding hydrogens is 521 g/mol. The van der Waals surface area contributed by atoms with Crippen molar-refractivity contribution in [2.45, 2.75) is 15.6 Å². The fraction of sp³-hybridized carbons (Fsp3) is 0.312. The molecule has 0 unspecified atom stereocenters. The van der Waals surface area contributed by atoms with Gasteiger partial charge in [0.15, 0.2) is 10.8 Å². The van der Waals surface area contributed by atoms with E-state index >= 15 is 0 Å². The van der Waals surface area contributed by atoms with Crippen LogP contribution in [-0.4, -0.2) is 78.1 Å². The van der Waals surface area contributed by atoms with Gasteiger partial charge in [0, 0.05) is 16.9 Å². The standard InChI is InChI=1S/C16H15N7O5S4.Na.H/c1-28-21-9(7-5-31-16(17)19-7)12(24)20-10-13(25)23-11(15(26)27)6(4-30-14(10)23)3-29-8-2-18-22-32-8;;/h2,5,10,14H,3-4H2,1H3,(H2,17,19)(H,20,24)(H,26,27);;/q;+1;-1/b21-9+;;/t10-,14-;;/m1../s1. The molecule has 2 amide bonds. The molecule has 0 bridgehead atoms. The summed E-state index contributed by atoms with van der Waals surface area (Å²) in [5.74, 6) is -1.57. The summed E-state index contributed by atoms with van der Waals surface area (Å²) in [6.07, 6.45) is 1.60. The van der Waals surface area contributed by atoms with Crippen LogP contribution in [0.3, 0.4) is 0 Å². The van der Waals surface area contributed by atoms with E-state index in [9.17, 15) is 19.5 Å². The number of β-lactam (4-membered cyclic amide) rings is 1. The molecule has 0 aromatic carbocycles. The molecule has 4 rings (SSSR count). The number of rotatable bonds is 8. The van der Waals surface area contributed by atoms with Gasteiger partial charge in [-0.05, 0) is 17.1 Å². The Kier molecular flexibility index (Phi) is 8.76. The smallest absolute Gasteiger partial charge is 1.00 e. The molecule has 2 aliphatic heterocycles. The number of carboxylic acid groups (broad SMARTS) is 1. The Morgan fingerprint density at radius 3 is 2.91 bits per heavy atom. The molecule has 0 aliphatic carbocycles. The van der Waals surface area contributed by atoms with E-state index in [1.807, 2.05) is 0 Å². The number of amides is 2. The summed E-state index contributed by atoms with van der Waals surface area (Å²) in [5.41, 5.74) is 6.28. The summed E-state index contributed by atoms with van der Waals surface area (Å²) in [4.78, 5) is 47.5. The largest absolute Gasteiger partial charge is 1.00 e. The van der Waals surface area contributed by atoms with Crippen LogP contribution in [0.2, 0.25) is 0 Å². The minimum atomic E-state index is -1.19. The number of nitrogens with zero attached hydrogens (tertiary/aromatic N) is 5. The van der Waals surface area contributed by atoms with Crippen LogP contribution in [0, 0.1) is 0 Å². The number of thiazole rings is 1. The van der Waals surface area contributed by atoms with E-state index < -0.39 is 29.2 Å². The number of carbonyl (C=O) groups is 3. The number of oxime groups is 1. The Morgan fingerprint density at radius 1 is 1.52 bits per heavy atom. The number of nitrogens with two attached hydrogens (primary N) is 1. The first-order valence-electron chi connectivity index (χ1n) is 8.84. The summed E-state index contributed by atoms with van der Waals surface area (Å²) >= 11 is 5.14. The van der Waals surface area contributed by atoms with Crippen molar-refractivity contribution in [1.82, 2.24) is 24.8 Å². The predicted molar refractivity (Wildman–Crippen MR) is 122 cm³/mol. The van der Waals surface area contributed by atoms with Crippen molar-refractivity contribution in [3.05, 3.63) is 28.5 Å². The van der Waals surface area contributed by atoms with Gasteiger partial charge in [0.05, 0.1) is 6.20 Å². The van der Waals surface area contributed by atoms with Gasteiger partial charge in [-0.25, -0.2) is 9.78 Å². The molecule has 4 N–H and O–H groups in total. The van der Waals surface area contributed by atoms with Crippen LogP contribution in [0.5, 0.6) is 0 Å². The van der Waals surface area contributed by atoms with E-state index in [1.165, 1.54) is 47.1 Å². The Bertz CT molecular complexity index is 1130. The molecule has 4 heterocycles. The number of hydrogen-bond acceptors (Lipinski definition) is 13. The zero-order valence-electron chi connectivity index (χ0n) is 18.3. The third-order valence-electron chi connectivity index (χ3n) is 4.43. The van der Waals surface area contributed by atoms with Gasteiger partial charge in [0.1, 0.15) is 34.1 Å². The Balaban J connectivity index is 0.00000204. The number of anilines is 1. The van der Waals surface area contributed by atoms with Gasteiger partial charge in [-0.15, -0.1) is 40.0 Å². The maximum Gasteiger partial charge on any atom is 1.00 e. The number of nitrogen functional groups attached to an aromatic ring is 1. The second-order valence-electron chi connectivity index (χ2n) is 6.34. The summed E-state index contributed by atoms with van der Waals surface area (Å²) in [7, 11) is 1.28. The Hall–Kier alpha value is -1.69. The molecule has 33 heavy (non-hydrogen) atoms. The van der Waals surface area contributed by atoms with Crippen molar-refractivity contribution in [2.75, 3.05) is 24.3 Å². The van der Waals surface area contributed by atoms with Crippen LogP contribution in [0.25, 0.3) is 0 Å². The summed E-state index contributed by atoms with van der Waals surface area (Å²) in [5, 5.41) is 21.1. The van der Waals surface area contributed by atoms with E-state index in [0.717, 1.165) is 15.5 Å². The number of hydrogen-bond donors (Lipinski definition) is 3. The summed E-state index contributed by atoms with van der Waals surface area (Å²) in [6.45, 7) is 0. The maximum absolute atomic E-state index is 12.8. The zero-order chi connectivity index (χ0) is 22.8. The van der Waals surface area contributed by atoms with E-state index in [-0.39, 0.29) is 53.2 Å². The number of carboxylic acids is 1. The first-order chi connectivity index (χ1) is 15.4. The average molecular weight is 538 g/mol. The van der Waals surface area contributed by atoms with Crippen molar-refractivity contribution < 1.29 is 55.3 Å². The number of nitrogens with one attached hydrogen (secondary N) is 1. The van der Waals surface area contributed by atoms with Crippen LogP contribution in [0.15, 0.2) is 32.2 Å². The third-order valence-corrected chi connectivity index (χ3v) is 8.36. The van der Waals surface area contributed by atoms with Gasteiger partial charge in [-0.2, -0.15) is 0 Å². The topological polar surface area (TPSA) is 173 Å². The van der Waals surface area contributed by atoms with Gasteiger partial charge in [0.25, 0.3) is 11.8 Å². The van der Waals surface area contributed by atoms with Crippen molar-refractivity contribution >= 4 is 75.0 Å². The molecular formula is C16H16N7NaO5S4. The van der Waals surface area contributed by atoms with Gasteiger partial charge in [0.2, 0.25) is 0 Å². The molecule has 12 nitrogen and oxygen atoms in total. The monoisotopic (exact) mass is 537 g/mol. The summed E-state index contributed by atoms with van der Waals surface area (Å²) < 4.78 is 4.63. The average Bonchev–Trinajstić information content (AvgIpc) is 3.45. The molecule has 170 valence electrons. The molecule has 0 saturated carbocycles. The molecule has 2 atom stereocenters. The minimum Gasteiger partial charge on any atom is -1.00 e. The fourth-order valence-electron chi connectivity index (χ4n) is 3.08. The first-order valence-corrected chi connectivity index (χ1v) is 12.5. The molecule has 2 aromatic heterocycles. The second-order valence-corrected chi connectivity index (χ2v) is 10.4. The quantitative estimate of drug-likeness (QED) is 0.107. The molecule has 0 radical (unpaired) electrons. The van der Waals surface area contributed by atoms with E-state index in [2.05, 4.69) is 25.0 Å². The number of carbonyl (C=O) groups excluding carboxylic acids is 2. The van der Waals surface area contributed by atoms with E-state index in [0.29, 0.717) is 17.1 Å². The molecule has 0 spiro atoms. The van der Waals surface area contributed by atoms with Crippen molar-refractivity contribution in [1.29, 1.82) is 0 Å². The van der Waals surface area contributed by atoms with Gasteiger partial charge in [-0.3, -0.25) is 14.5 Å². The minimum absolute atomic E-state index is 0. The number of fused-ring (bicyclic) bond motifs is 1. The third kappa shape index (κ3) is 5.36. The number of aromatic nitrogens is 3. The Labute approximate surface area is 227 Å². The molecule has 17 heteroatoms. The van der Waals surface area contributed by atoms with E-state index in [4.69, 9.17) is 10.6 Å². The van der Waals surface area contributed by atoms with Crippen LogP contribution in [-0.2, 0) is 19.2 Å². The fourth-order valence-corrected chi connectivity index (χ4v) is 6.53. The van der Waals surface area contributed by atoms with Gasteiger partial charge in [-0.1, -0.05) is 9.64 Å². The van der Waals surface area contributed by atoms with Crippen LogP contribution < -0.4 is 40.6 Å². The summed E-state index contributed by atoms with van der Waals surface area (Å²) in [6, 6.07) is -0.903. The van der Waals surface area contributed by atoms with Crippen LogP contribution in [0.1, 0.15) is 7.12 Å². The SMILES string of the molecule is CO/N=C(/C(=O)N[C@@H]1C(=O)N2C(C(=O)O)=C(CSc3cnns3)CS[C@H]12)c1csc(N)n1.[H-].[Na+]. The normalized spacial score (nSPS) is 20.0. The molecule has 2 aliphatic rings. The van der Waals surface area contributed by atoms with Gasteiger partial charge >= 0.3 is 35.5 Å². The number of thioether (sulfide) groups is 2. The molecule has 1 fully saturated rings. The zero-order valence-corrected chi connectivity index (χ0v) is 22.5. The predicted octanol–water partition coefficient (Wildman–Crippen LogP) is -2.43. The van der Waals surface area contributed by atoms with Gasteiger partial charge < -0.3 is 22.4 Å². The van der Waals surface area contributed by atoms with Crippen molar-refractivity contribution in [3.63, 3.8) is 0 Å². The Morgan fingerprint density at radius 2 is 2.30 bits per heavy atom. The van der Waals surface area contributed by atoms with Crippen LogP contribution >= 0.6 is 46.4 Å². The first kappa shape index (κ1) is 25.9.